The van der Waals surface area contributed by atoms with Gasteiger partial charge in [-0.05, 0) is 92.5 Å². The Morgan fingerprint density at radius 2 is 1.64 bits per heavy atom. The van der Waals surface area contributed by atoms with Crippen molar-refractivity contribution in [1.29, 1.82) is 5.26 Å². The smallest absolute Gasteiger partial charge is 0.342 e. The molecule has 0 radical (unpaired) electrons. The van der Waals surface area contributed by atoms with E-state index in [-0.39, 0.29) is 24.5 Å². The van der Waals surface area contributed by atoms with Crippen molar-refractivity contribution >= 4 is 29.8 Å². The van der Waals surface area contributed by atoms with Crippen molar-refractivity contribution < 1.29 is 57.5 Å². The molecule has 4 aliphatic carbocycles. The Hall–Kier alpha value is -4.54. The fourth-order valence-corrected chi connectivity index (χ4v) is 12.6. The third-order valence-corrected chi connectivity index (χ3v) is 15.0. The van der Waals surface area contributed by atoms with Crippen molar-refractivity contribution in [2.45, 2.75) is 109 Å². The zero-order chi connectivity index (χ0) is 40.1. The maximum Gasteiger partial charge on any atom is 0.342 e. The molecular weight excluding hydrogens is 710 g/mol. The van der Waals surface area contributed by atoms with E-state index in [9.17, 15) is 34.3 Å². The second-order valence-electron chi connectivity index (χ2n) is 17.2. The summed E-state index contributed by atoms with van der Waals surface area (Å²) in [6.45, 7) is 14.3. The SMILES string of the molecule is C=C1C[C@@]2(O)C3CC[C@]4(C)C(CC[C@@]5(C(C)OC(=O)c6ccc(C#N)cc6)COC(=O)C=C[C@H]54)[C@@]3(C)[C@H](OC(C)=O)[C@H](OC(C)=O)[C@@]2(C)[C@]2(C(=O)OC)O[C@H]12. The number of allylic oxidation sites excluding steroid dienone is 1. The molecule has 3 unspecified atom stereocenters. The fourth-order valence-electron chi connectivity index (χ4n) is 12.6. The molecule has 0 bridgehead atoms. The predicted molar refractivity (Wildman–Crippen MR) is 191 cm³/mol. The summed E-state index contributed by atoms with van der Waals surface area (Å²) >= 11 is 0. The van der Waals surface area contributed by atoms with Gasteiger partial charge in [-0.25, -0.2) is 14.4 Å². The molecule has 0 spiro atoms. The zero-order valence-corrected chi connectivity index (χ0v) is 32.3. The summed E-state index contributed by atoms with van der Waals surface area (Å²) in [6.07, 6.45) is 1.00. The van der Waals surface area contributed by atoms with E-state index >= 15 is 0 Å². The lowest BCUT2D eigenvalue weighted by atomic mass is 9.32. The first-order valence-electron chi connectivity index (χ1n) is 18.9. The molecule has 5 fully saturated rings. The molecule has 7 rings (SSSR count). The first-order valence-corrected chi connectivity index (χ1v) is 18.9. The van der Waals surface area contributed by atoms with Crippen LogP contribution in [0.25, 0.3) is 0 Å². The third kappa shape index (κ3) is 5.05. The molecule has 13 heteroatoms. The van der Waals surface area contributed by atoms with Gasteiger partial charge in [0, 0.05) is 37.2 Å². The van der Waals surface area contributed by atoms with Crippen molar-refractivity contribution in [2.75, 3.05) is 13.7 Å². The van der Waals surface area contributed by atoms with Gasteiger partial charge >= 0.3 is 29.8 Å². The van der Waals surface area contributed by atoms with Crippen LogP contribution in [-0.4, -0.2) is 84.3 Å². The summed E-state index contributed by atoms with van der Waals surface area (Å²) in [5.74, 6) is -4.58. The van der Waals surface area contributed by atoms with Crippen LogP contribution in [-0.2, 0) is 47.6 Å². The number of rotatable bonds is 6. The van der Waals surface area contributed by atoms with Crippen LogP contribution in [0.4, 0.5) is 0 Å². The van der Waals surface area contributed by atoms with Gasteiger partial charge in [-0.1, -0.05) is 26.5 Å². The van der Waals surface area contributed by atoms with E-state index in [0.717, 1.165) is 0 Å². The van der Waals surface area contributed by atoms with Gasteiger partial charge in [-0.2, -0.15) is 5.26 Å². The topological polar surface area (TPSA) is 188 Å². The maximum absolute atomic E-state index is 13.8. The first kappa shape index (κ1) is 38.7. The van der Waals surface area contributed by atoms with E-state index in [4.69, 9.17) is 28.4 Å². The number of nitriles is 1. The van der Waals surface area contributed by atoms with E-state index in [1.165, 1.54) is 39.2 Å². The van der Waals surface area contributed by atoms with E-state index in [1.807, 2.05) is 19.1 Å². The molecule has 6 aliphatic rings. The third-order valence-electron chi connectivity index (χ3n) is 15.0. The molecule has 55 heavy (non-hydrogen) atoms. The monoisotopic (exact) mass is 759 g/mol. The molecule has 0 amide bonds. The number of epoxide rings is 1. The van der Waals surface area contributed by atoms with Crippen molar-refractivity contribution in [3.8, 4) is 6.07 Å². The quantitative estimate of drug-likeness (QED) is 0.185. The summed E-state index contributed by atoms with van der Waals surface area (Å²) < 4.78 is 36.0. The first-order chi connectivity index (χ1) is 25.8. The molecule has 2 aliphatic heterocycles. The molecule has 13 atom stereocenters. The fraction of sp³-hybridized carbons (Fsp3) is 0.619. The highest BCUT2D eigenvalue weighted by Gasteiger charge is 2.90. The Kier molecular flexibility index (Phi) is 8.97. The summed E-state index contributed by atoms with van der Waals surface area (Å²) in [5, 5.41) is 22.7. The molecule has 1 aromatic rings. The van der Waals surface area contributed by atoms with Gasteiger partial charge < -0.3 is 33.5 Å². The minimum Gasteiger partial charge on any atom is -0.467 e. The van der Waals surface area contributed by atoms with Gasteiger partial charge in [0.2, 0.25) is 5.60 Å². The minimum absolute atomic E-state index is 0.0283. The molecule has 1 aromatic carbocycles. The van der Waals surface area contributed by atoms with E-state index in [1.54, 1.807) is 26.0 Å². The van der Waals surface area contributed by atoms with Gasteiger partial charge in [0.25, 0.3) is 0 Å². The number of nitrogens with zero attached hydrogens (tertiary/aromatic N) is 1. The lowest BCUT2D eigenvalue weighted by molar-refractivity contribution is -0.336. The summed E-state index contributed by atoms with van der Waals surface area (Å²) in [7, 11) is 1.23. The van der Waals surface area contributed by atoms with Crippen LogP contribution in [0.5, 0.6) is 0 Å². The van der Waals surface area contributed by atoms with Crippen LogP contribution in [0.3, 0.4) is 0 Å². The van der Waals surface area contributed by atoms with E-state index < -0.39 is 99.0 Å². The number of fused-ring (bicyclic) bond motifs is 9. The number of carbonyl (C=O) groups excluding carboxylic acids is 5. The van der Waals surface area contributed by atoms with Crippen LogP contribution >= 0.6 is 0 Å². The average molecular weight is 760 g/mol. The lowest BCUT2D eigenvalue weighted by Crippen LogP contribution is -2.82. The largest absolute Gasteiger partial charge is 0.467 e. The van der Waals surface area contributed by atoms with Crippen LogP contribution < -0.4 is 0 Å². The number of hydrogen-bond donors (Lipinski definition) is 1. The molecule has 2 heterocycles. The van der Waals surface area contributed by atoms with Gasteiger partial charge in [-0.3, -0.25) is 9.59 Å². The number of esters is 5. The van der Waals surface area contributed by atoms with Crippen molar-refractivity contribution in [1.82, 2.24) is 0 Å². The highest BCUT2D eigenvalue weighted by Crippen LogP contribution is 2.78. The number of methoxy groups -OCH3 is 1. The number of hydrogen-bond acceptors (Lipinski definition) is 13. The molecule has 1 saturated heterocycles. The maximum atomic E-state index is 13.8. The van der Waals surface area contributed by atoms with Crippen LogP contribution in [0.1, 0.15) is 89.6 Å². The summed E-state index contributed by atoms with van der Waals surface area (Å²) in [5.41, 5.74) is -6.63. The van der Waals surface area contributed by atoms with Crippen molar-refractivity contribution in [3.05, 3.63) is 59.7 Å². The standard InChI is InChI=1S/C42H49NO12/c1-22-19-41(49)30-15-17-37(5)28(38(30,6)33(53-24(3)44)34(54-25(4)45)39(41,7)42(32(22)55-42)36(48)50-8)16-18-40(21-51-31(46)14-13-29(37)40)23(2)52-35(47)27-11-9-26(20-43)10-12-27/h9-14,23,28-30,32-34,49H,1,15-19,21H2,2-8H3/t23?,28?,29-,30?,32+,33+,34-,37+,38+,39+,40-,41+,42-/m0/s1. The Balaban J connectivity index is 1.36. The number of cyclic esters (lactones) is 1. The van der Waals surface area contributed by atoms with Crippen LogP contribution in [0.2, 0.25) is 0 Å². The van der Waals surface area contributed by atoms with Gasteiger partial charge in [0.05, 0.1) is 35.3 Å². The summed E-state index contributed by atoms with van der Waals surface area (Å²) in [6, 6.07) is 8.19. The number of benzene rings is 1. The number of aliphatic hydroxyl groups is 1. The number of carbonyl (C=O) groups is 5. The molecule has 0 aromatic heterocycles. The van der Waals surface area contributed by atoms with Gasteiger partial charge in [0.1, 0.15) is 24.9 Å². The van der Waals surface area contributed by atoms with Crippen molar-refractivity contribution in [2.24, 2.45) is 39.4 Å². The van der Waals surface area contributed by atoms with Crippen LogP contribution in [0, 0.1) is 50.7 Å². The molecule has 13 nitrogen and oxygen atoms in total. The van der Waals surface area contributed by atoms with Gasteiger partial charge in [-0.15, -0.1) is 0 Å². The Bertz CT molecular complexity index is 1940. The van der Waals surface area contributed by atoms with Crippen molar-refractivity contribution in [3.63, 3.8) is 0 Å². The average Bonchev–Trinajstić information content (AvgIpc) is 3.93. The van der Waals surface area contributed by atoms with Crippen LogP contribution in [0.15, 0.2) is 48.6 Å². The van der Waals surface area contributed by atoms with E-state index in [2.05, 4.69) is 13.5 Å². The number of ether oxygens (including phenoxy) is 6. The summed E-state index contributed by atoms with van der Waals surface area (Å²) in [4.78, 5) is 66.6. The normalized spacial score (nSPS) is 42.8. The molecule has 294 valence electrons. The minimum atomic E-state index is -1.76. The molecular formula is C42H49NO12. The van der Waals surface area contributed by atoms with E-state index in [0.29, 0.717) is 36.8 Å². The zero-order valence-electron chi connectivity index (χ0n) is 32.3. The molecule has 1 N–H and O–H groups in total. The second-order valence-corrected chi connectivity index (χ2v) is 17.2. The lowest BCUT2D eigenvalue weighted by Gasteiger charge is -2.73. The highest BCUT2D eigenvalue weighted by molar-refractivity contribution is 5.90. The van der Waals surface area contributed by atoms with Gasteiger partial charge in [0.15, 0.2) is 6.10 Å². The second kappa shape index (κ2) is 12.7. The molecule has 4 saturated carbocycles. The Morgan fingerprint density at radius 1 is 1.00 bits per heavy atom. The highest BCUT2D eigenvalue weighted by atomic mass is 16.7. The Labute approximate surface area is 320 Å². The predicted octanol–water partition coefficient (Wildman–Crippen LogP) is 4.54. The Morgan fingerprint density at radius 3 is 2.25 bits per heavy atom.